The van der Waals surface area contributed by atoms with Crippen molar-refractivity contribution in [3.8, 4) is 0 Å². The molecular weight excluding hydrogens is 206 g/mol. The van der Waals surface area contributed by atoms with E-state index in [0.29, 0.717) is 6.42 Å². The van der Waals surface area contributed by atoms with Crippen molar-refractivity contribution in [3.05, 3.63) is 0 Å². The molecule has 2 amide bonds. The normalized spacial score (nSPS) is 24.2. The number of nitrogens with zero attached hydrogens (tertiary/aromatic N) is 1. The molecular formula is C11H21N3O2. The van der Waals surface area contributed by atoms with E-state index in [4.69, 9.17) is 5.73 Å². The highest BCUT2D eigenvalue weighted by Gasteiger charge is 2.26. The molecule has 1 rings (SSSR count). The molecule has 0 aromatic rings. The molecule has 16 heavy (non-hydrogen) atoms. The van der Waals surface area contributed by atoms with Crippen LogP contribution >= 0.6 is 0 Å². The van der Waals surface area contributed by atoms with E-state index in [0.717, 1.165) is 19.3 Å². The highest BCUT2D eigenvalue weighted by Crippen LogP contribution is 2.26. The fourth-order valence-electron chi connectivity index (χ4n) is 1.96. The molecule has 0 spiro atoms. The quantitative estimate of drug-likeness (QED) is 0.693. The first-order chi connectivity index (χ1) is 7.50. The molecule has 0 radical (unpaired) electrons. The standard InChI is InChI=1S/C11H21N3O2/c1-14(2)11(16)7-13-10(15)6-8-4-3-5-9(8)12/h8-9H,3-7,12H2,1-2H3,(H,13,15)/t8-,9+/m0/s1. The Morgan fingerprint density at radius 2 is 2.06 bits per heavy atom. The van der Waals surface area contributed by atoms with E-state index in [1.807, 2.05) is 0 Å². The second-order valence-corrected chi connectivity index (χ2v) is 4.62. The number of amides is 2. The lowest BCUT2D eigenvalue weighted by atomic mass is 10.00. The van der Waals surface area contributed by atoms with E-state index < -0.39 is 0 Å². The third-order valence-corrected chi connectivity index (χ3v) is 3.10. The third kappa shape index (κ3) is 3.81. The van der Waals surface area contributed by atoms with Crippen LogP contribution in [0, 0.1) is 5.92 Å². The Morgan fingerprint density at radius 3 is 2.56 bits per heavy atom. The molecule has 0 unspecified atom stereocenters. The number of nitrogens with two attached hydrogens (primary N) is 1. The van der Waals surface area contributed by atoms with E-state index in [9.17, 15) is 9.59 Å². The number of likely N-dealkylation sites (N-methyl/N-ethyl adjacent to an activating group) is 1. The van der Waals surface area contributed by atoms with Crippen LogP contribution in [0.4, 0.5) is 0 Å². The second-order valence-electron chi connectivity index (χ2n) is 4.62. The average Bonchev–Trinajstić information content (AvgIpc) is 2.60. The van der Waals surface area contributed by atoms with E-state index in [1.165, 1.54) is 4.90 Å². The first kappa shape index (κ1) is 13.0. The zero-order valence-electron chi connectivity index (χ0n) is 10.0. The van der Waals surface area contributed by atoms with Gasteiger partial charge in [0.15, 0.2) is 0 Å². The molecule has 1 fully saturated rings. The summed E-state index contributed by atoms with van der Waals surface area (Å²) in [7, 11) is 3.34. The van der Waals surface area contributed by atoms with Gasteiger partial charge >= 0.3 is 0 Å². The minimum atomic E-state index is -0.0935. The summed E-state index contributed by atoms with van der Waals surface area (Å²) in [4.78, 5) is 24.2. The van der Waals surface area contributed by atoms with Crippen molar-refractivity contribution in [2.24, 2.45) is 11.7 Å². The van der Waals surface area contributed by atoms with Gasteiger partial charge in [-0.25, -0.2) is 0 Å². The van der Waals surface area contributed by atoms with Gasteiger partial charge in [0.05, 0.1) is 6.54 Å². The second kappa shape index (κ2) is 5.84. The van der Waals surface area contributed by atoms with Crippen LogP contribution in [0.1, 0.15) is 25.7 Å². The Labute approximate surface area is 96.4 Å². The van der Waals surface area contributed by atoms with Gasteiger partial charge in [-0.2, -0.15) is 0 Å². The van der Waals surface area contributed by atoms with Crippen molar-refractivity contribution >= 4 is 11.8 Å². The van der Waals surface area contributed by atoms with Gasteiger partial charge < -0.3 is 16.0 Å². The van der Waals surface area contributed by atoms with Crippen LogP contribution in [0.5, 0.6) is 0 Å². The fraction of sp³-hybridized carbons (Fsp3) is 0.818. The lowest BCUT2D eigenvalue weighted by Gasteiger charge is -2.15. The maximum absolute atomic E-state index is 11.5. The predicted octanol–water partition coefficient (Wildman–Crippen LogP) is -0.292. The Morgan fingerprint density at radius 1 is 1.38 bits per heavy atom. The van der Waals surface area contributed by atoms with Crippen LogP contribution in [0.3, 0.4) is 0 Å². The summed E-state index contributed by atoms with van der Waals surface area (Å²) in [5.41, 5.74) is 5.88. The average molecular weight is 227 g/mol. The molecule has 1 aliphatic carbocycles. The van der Waals surface area contributed by atoms with Crippen molar-refractivity contribution in [2.75, 3.05) is 20.6 Å². The van der Waals surface area contributed by atoms with Gasteiger partial charge in [-0.1, -0.05) is 6.42 Å². The summed E-state index contributed by atoms with van der Waals surface area (Å²) in [6.45, 7) is 0.0772. The topological polar surface area (TPSA) is 75.4 Å². The highest BCUT2D eigenvalue weighted by atomic mass is 16.2. The van der Waals surface area contributed by atoms with Gasteiger partial charge in [0.1, 0.15) is 0 Å². The van der Waals surface area contributed by atoms with E-state index >= 15 is 0 Å². The molecule has 3 N–H and O–H groups in total. The monoisotopic (exact) mass is 227 g/mol. The number of rotatable bonds is 4. The molecule has 5 heteroatoms. The van der Waals surface area contributed by atoms with Crippen LogP contribution < -0.4 is 11.1 Å². The molecule has 0 aliphatic heterocycles. The minimum absolute atomic E-state index is 0.0717. The van der Waals surface area contributed by atoms with E-state index in [1.54, 1.807) is 14.1 Å². The largest absolute Gasteiger partial charge is 0.347 e. The molecule has 2 atom stereocenters. The molecule has 5 nitrogen and oxygen atoms in total. The Hall–Kier alpha value is -1.10. The highest BCUT2D eigenvalue weighted by molar-refractivity contribution is 5.84. The van der Waals surface area contributed by atoms with E-state index in [-0.39, 0.29) is 30.3 Å². The van der Waals surface area contributed by atoms with Gasteiger partial charge in [0.25, 0.3) is 0 Å². The Bertz CT molecular complexity index is 266. The smallest absolute Gasteiger partial charge is 0.241 e. The molecule has 1 saturated carbocycles. The molecule has 0 saturated heterocycles. The summed E-state index contributed by atoms with van der Waals surface area (Å²) < 4.78 is 0. The lowest BCUT2D eigenvalue weighted by Crippen LogP contribution is -2.38. The zero-order chi connectivity index (χ0) is 12.1. The van der Waals surface area contributed by atoms with E-state index in [2.05, 4.69) is 5.32 Å². The summed E-state index contributed by atoms with van der Waals surface area (Å²) in [5.74, 6) is 0.121. The van der Waals surface area contributed by atoms with Gasteiger partial charge in [-0.15, -0.1) is 0 Å². The van der Waals surface area contributed by atoms with Crippen LogP contribution in [0.15, 0.2) is 0 Å². The van der Waals surface area contributed by atoms with Gasteiger partial charge in [-0.3, -0.25) is 9.59 Å². The third-order valence-electron chi connectivity index (χ3n) is 3.10. The minimum Gasteiger partial charge on any atom is -0.347 e. The molecule has 0 aromatic heterocycles. The van der Waals surface area contributed by atoms with Crippen molar-refractivity contribution in [1.29, 1.82) is 0 Å². The number of hydrogen-bond acceptors (Lipinski definition) is 3. The predicted molar refractivity (Wildman–Crippen MR) is 61.6 cm³/mol. The van der Waals surface area contributed by atoms with Crippen molar-refractivity contribution in [3.63, 3.8) is 0 Å². The van der Waals surface area contributed by atoms with Crippen LogP contribution in [-0.4, -0.2) is 43.4 Å². The Kier molecular flexibility index (Phi) is 4.73. The van der Waals surface area contributed by atoms with Crippen LogP contribution in [0.2, 0.25) is 0 Å². The molecule has 92 valence electrons. The summed E-state index contributed by atoms with van der Waals surface area (Å²) in [6.07, 6.45) is 3.59. The molecule has 0 heterocycles. The van der Waals surface area contributed by atoms with Gasteiger partial charge in [0.2, 0.25) is 11.8 Å². The first-order valence-electron chi connectivity index (χ1n) is 5.73. The SMILES string of the molecule is CN(C)C(=O)CNC(=O)C[C@@H]1CCC[C@H]1N. The number of carbonyl (C=O) groups is 2. The maximum Gasteiger partial charge on any atom is 0.241 e. The first-order valence-corrected chi connectivity index (χ1v) is 5.73. The van der Waals surface area contributed by atoms with Crippen molar-refractivity contribution in [1.82, 2.24) is 10.2 Å². The molecule has 0 aromatic carbocycles. The van der Waals surface area contributed by atoms with Gasteiger partial charge in [0, 0.05) is 26.6 Å². The number of hydrogen-bond donors (Lipinski definition) is 2. The Balaban J connectivity index is 2.23. The summed E-state index contributed by atoms with van der Waals surface area (Å²) >= 11 is 0. The molecule has 0 bridgehead atoms. The lowest BCUT2D eigenvalue weighted by molar-refractivity contribution is -0.131. The zero-order valence-corrected chi connectivity index (χ0v) is 10.0. The summed E-state index contributed by atoms with van der Waals surface area (Å²) in [6, 6.07) is 0.148. The van der Waals surface area contributed by atoms with Crippen LogP contribution in [0.25, 0.3) is 0 Å². The van der Waals surface area contributed by atoms with Crippen LogP contribution in [-0.2, 0) is 9.59 Å². The van der Waals surface area contributed by atoms with Crippen molar-refractivity contribution < 1.29 is 9.59 Å². The number of nitrogens with one attached hydrogen (secondary N) is 1. The fourth-order valence-corrected chi connectivity index (χ4v) is 1.96. The maximum atomic E-state index is 11.5. The number of carbonyl (C=O) groups excluding carboxylic acids is 2. The van der Waals surface area contributed by atoms with Crippen molar-refractivity contribution in [2.45, 2.75) is 31.7 Å². The molecule has 1 aliphatic rings. The van der Waals surface area contributed by atoms with Gasteiger partial charge in [-0.05, 0) is 18.8 Å². The summed E-state index contributed by atoms with van der Waals surface area (Å²) in [5, 5.41) is 2.63.